The second-order valence-corrected chi connectivity index (χ2v) is 12.6. The number of benzene rings is 2. The molecule has 0 saturated carbocycles. The van der Waals surface area contributed by atoms with E-state index in [1.807, 2.05) is 0 Å². The minimum atomic E-state index is -0.818. The number of carboxylic acid groups (broad SMARTS) is 1. The Hall–Kier alpha value is -3.83. The Balaban J connectivity index is 1.23. The zero-order valence-corrected chi connectivity index (χ0v) is 25.9. The molecule has 2 bridgehead atoms. The van der Waals surface area contributed by atoms with E-state index < -0.39 is 6.09 Å². The average molecular weight is 603 g/mol. The van der Waals surface area contributed by atoms with Crippen molar-refractivity contribution in [3.8, 4) is 11.8 Å². The number of aryl methyl sites for hydroxylation is 1. The van der Waals surface area contributed by atoms with E-state index in [9.17, 15) is 9.90 Å². The smallest absolute Gasteiger partial charge is 0.407 e. The molecule has 11 heteroatoms. The van der Waals surface area contributed by atoms with Gasteiger partial charge in [0.05, 0.1) is 24.3 Å². The Bertz CT molecular complexity index is 1540. The van der Waals surface area contributed by atoms with Crippen LogP contribution in [0.1, 0.15) is 42.5 Å². The Morgan fingerprint density at radius 1 is 1.02 bits per heavy atom. The fraction of sp³-hybridized carbons (Fsp3) is 0.545. The molecule has 3 fully saturated rings. The lowest BCUT2D eigenvalue weighted by atomic mass is 9.99. The molecule has 1 unspecified atom stereocenters. The fourth-order valence-electron chi connectivity index (χ4n) is 7.68. The van der Waals surface area contributed by atoms with Gasteiger partial charge < -0.3 is 34.0 Å². The highest BCUT2D eigenvalue weighted by Crippen LogP contribution is 2.40. The number of likely N-dealkylation sites (N-methyl/N-ethyl adjacent to an activating group) is 1. The number of nitrogens with zero attached hydrogens (tertiary/aromatic N) is 6. The Labute approximate surface area is 258 Å². The lowest BCUT2D eigenvalue weighted by Gasteiger charge is -2.41. The van der Waals surface area contributed by atoms with Gasteiger partial charge in [-0.2, -0.15) is 9.97 Å². The third-order valence-corrected chi connectivity index (χ3v) is 10.0. The molecule has 0 aliphatic carbocycles. The SMILES string of the molecule is COCOc1cc(N2CCc3c(nc(OCC4CCCN4C)nc3N3C[C@H]4CC[C@@H](C3)N4C(=O)O)C2)c2ccccc2c1C. The first-order valence-electron chi connectivity index (χ1n) is 15.8. The molecule has 11 nitrogen and oxygen atoms in total. The van der Waals surface area contributed by atoms with Gasteiger partial charge in [0.1, 0.15) is 18.2 Å². The number of rotatable bonds is 8. The summed E-state index contributed by atoms with van der Waals surface area (Å²) in [6.07, 6.45) is 4.02. The summed E-state index contributed by atoms with van der Waals surface area (Å²) in [5.74, 6) is 1.72. The minimum absolute atomic E-state index is 0.0158. The molecule has 1 aromatic heterocycles. The maximum Gasteiger partial charge on any atom is 0.407 e. The highest BCUT2D eigenvalue weighted by Gasteiger charge is 2.44. The number of hydrogen-bond donors (Lipinski definition) is 1. The Morgan fingerprint density at radius 3 is 2.50 bits per heavy atom. The molecule has 0 spiro atoms. The molecule has 44 heavy (non-hydrogen) atoms. The number of carbonyl (C=O) groups is 1. The molecule has 1 amide bonds. The standard InChI is InChI=1S/C33H42N6O5/c1-21-25-8-4-5-9-26(25)29(15-30(21)44-20-42-3)37-14-12-27-28(18-37)34-32(43-19-24-7-6-13-36(24)2)35-31(27)38-16-22-10-11-23(17-38)39(22)33(40)41/h4-5,8-9,15,22-24H,6-7,10-14,16-20H2,1-3H3,(H,40,41)/t22-,23+,24?. The van der Waals surface area contributed by atoms with Crippen LogP contribution in [0.15, 0.2) is 30.3 Å². The van der Waals surface area contributed by atoms with Crippen LogP contribution in [0.2, 0.25) is 0 Å². The number of piperazine rings is 1. The summed E-state index contributed by atoms with van der Waals surface area (Å²) in [6, 6.07) is 11.3. The van der Waals surface area contributed by atoms with Gasteiger partial charge in [0, 0.05) is 55.5 Å². The van der Waals surface area contributed by atoms with Crippen LogP contribution < -0.4 is 19.3 Å². The first-order valence-corrected chi connectivity index (χ1v) is 15.8. The van der Waals surface area contributed by atoms with E-state index in [2.05, 4.69) is 59.0 Å². The van der Waals surface area contributed by atoms with Gasteiger partial charge in [0.2, 0.25) is 0 Å². The van der Waals surface area contributed by atoms with Crippen LogP contribution in [0, 0.1) is 6.92 Å². The highest BCUT2D eigenvalue weighted by molar-refractivity contribution is 5.98. The van der Waals surface area contributed by atoms with Crippen molar-refractivity contribution in [2.24, 2.45) is 0 Å². The maximum absolute atomic E-state index is 12.0. The van der Waals surface area contributed by atoms with Crippen LogP contribution in [-0.2, 0) is 17.7 Å². The summed E-state index contributed by atoms with van der Waals surface area (Å²) >= 11 is 0. The van der Waals surface area contributed by atoms with Gasteiger partial charge in [0.15, 0.2) is 6.79 Å². The number of likely N-dealkylation sites (tertiary alicyclic amines) is 1. The zero-order chi connectivity index (χ0) is 30.4. The molecular formula is C33H42N6O5. The number of amides is 1. The van der Waals surface area contributed by atoms with Crippen LogP contribution in [0.3, 0.4) is 0 Å². The third kappa shape index (κ3) is 5.26. The Morgan fingerprint density at radius 2 is 1.80 bits per heavy atom. The van der Waals surface area contributed by atoms with Gasteiger partial charge >= 0.3 is 12.1 Å². The number of aromatic nitrogens is 2. The summed E-state index contributed by atoms with van der Waals surface area (Å²) in [5.41, 5.74) is 4.30. The minimum Gasteiger partial charge on any atom is -0.467 e. The van der Waals surface area contributed by atoms with Crippen molar-refractivity contribution in [3.63, 3.8) is 0 Å². The Kier molecular flexibility index (Phi) is 7.84. The zero-order valence-electron chi connectivity index (χ0n) is 25.9. The third-order valence-electron chi connectivity index (χ3n) is 10.0. The molecule has 5 heterocycles. The monoisotopic (exact) mass is 602 g/mol. The summed E-state index contributed by atoms with van der Waals surface area (Å²) < 4.78 is 17.6. The van der Waals surface area contributed by atoms with E-state index in [1.165, 1.54) is 11.8 Å². The van der Waals surface area contributed by atoms with Crippen LogP contribution in [0.4, 0.5) is 16.3 Å². The van der Waals surface area contributed by atoms with Crippen LogP contribution in [0.25, 0.3) is 10.8 Å². The highest BCUT2D eigenvalue weighted by atomic mass is 16.7. The first kappa shape index (κ1) is 28.9. The molecule has 4 aliphatic heterocycles. The molecule has 234 valence electrons. The number of methoxy groups -OCH3 is 1. The molecule has 4 aliphatic rings. The quantitative estimate of drug-likeness (QED) is 0.376. The van der Waals surface area contributed by atoms with Crippen molar-refractivity contribution in [1.29, 1.82) is 0 Å². The van der Waals surface area contributed by atoms with Crippen molar-refractivity contribution in [2.45, 2.75) is 63.7 Å². The van der Waals surface area contributed by atoms with E-state index in [4.69, 9.17) is 24.2 Å². The second-order valence-electron chi connectivity index (χ2n) is 12.6. The van der Waals surface area contributed by atoms with Crippen LogP contribution in [0.5, 0.6) is 11.8 Å². The second kappa shape index (κ2) is 11.9. The van der Waals surface area contributed by atoms with Crippen molar-refractivity contribution in [3.05, 3.63) is 47.2 Å². The van der Waals surface area contributed by atoms with Crippen molar-refractivity contribution in [1.82, 2.24) is 19.8 Å². The lowest BCUT2D eigenvalue weighted by Crippen LogP contribution is -2.56. The predicted octanol–water partition coefficient (Wildman–Crippen LogP) is 4.29. The van der Waals surface area contributed by atoms with Crippen LogP contribution in [-0.4, -0.2) is 103 Å². The number of anilines is 2. The van der Waals surface area contributed by atoms with E-state index in [0.29, 0.717) is 38.3 Å². The summed E-state index contributed by atoms with van der Waals surface area (Å²) in [7, 11) is 3.78. The number of hydrogen-bond acceptors (Lipinski definition) is 9. The van der Waals surface area contributed by atoms with Crippen molar-refractivity contribution in [2.75, 3.05) is 63.5 Å². The topological polar surface area (TPSA) is 104 Å². The number of ether oxygens (including phenoxy) is 3. The normalized spacial score (nSPS) is 23.3. The van der Waals surface area contributed by atoms with Gasteiger partial charge in [-0.25, -0.2) is 4.79 Å². The molecule has 2 aromatic carbocycles. The summed E-state index contributed by atoms with van der Waals surface area (Å²) in [4.78, 5) is 30.7. The molecule has 3 saturated heterocycles. The fourth-order valence-corrected chi connectivity index (χ4v) is 7.68. The lowest BCUT2D eigenvalue weighted by molar-refractivity contribution is 0.0508. The van der Waals surface area contributed by atoms with Gasteiger partial charge in [-0.05, 0) is 63.6 Å². The molecule has 0 radical (unpaired) electrons. The largest absolute Gasteiger partial charge is 0.467 e. The van der Waals surface area contributed by atoms with Gasteiger partial charge in [-0.15, -0.1) is 0 Å². The van der Waals surface area contributed by atoms with Gasteiger partial charge in [-0.3, -0.25) is 4.90 Å². The molecule has 1 N–H and O–H groups in total. The van der Waals surface area contributed by atoms with Gasteiger partial charge in [0.25, 0.3) is 0 Å². The van der Waals surface area contributed by atoms with E-state index in [-0.39, 0.29) is 18.9 Å². The van der Waals surface area contributed by atoms with Crippen molar-refractivity contribution >= 4 is 28.4 Å². The predicted molar refractivity (Wildman–Crippen MR) is 168 cm³/mol. The summed E-state index contributed by atoms with van der Waals surface area (Å²) in [5, 5.41) is 12.2. The summed E-state index contributed by atoms with van der Waals surface area (Å²) in [6.45, 7) is 6.61. The van der Waals surface area contributed by atoms with E-state index in [0.717, 1.165) is 78.2 Å². The molecule has 3 atom stereocenters. The first-order chi connectivity index (χ1) is 21.4. The number of fused-ring (bicyclic) bond motifs is 4. The molecule has 3 aromatic rings. The van der Waals surface area contributed by atoms with Crippen molar-refractivity contribution < 1.29 is 24.1 Å². The van der Waals surface area contributed by atoms with E-state index in [1.54, 1.807) is 12.0 Å². The van der Waals surface area contributed by atoms with Gasteiger partial charge in [-0.1, -0.05) is 24.3 Å². The van der Waals surface area contributed by atoms with E-state index >= 15 is 0 Å². The molecular weight excluding hydrogens is 560 g/mol. The molecule has 7 rings (SSSR count). The van der Waals surface area contributed by atoms with Crippen LogP contribution >= 0.6 is 0 Å². The maximum atomic E-state index is 12.0. The average Bonchev–Trinajstić information content (AvgIpc) is 3.57.